The summed E-state index contributed by atoms with van der Waals surface area (Å²) in [6.07, 6.45) is 17.6. The zero-order valence-corrected chi connectivity index (χ0v) is 47.8. The van der Waals surface area contributed by atoms with E-state index in [1.807, 2.05) is 11.3 Å². The van der Waals surface area contributed by atoms with Gasteiger partial charge in [0.1, 0.15) is 11.5 Å². The van der Waals surface area contributed by atoms with Crippen molar-refractivity contribution in [2.24, 2.45) is 4.99 Å². The maximum atomic E-state index is 5.90. The standard InChI is InChI=1S/C67H80N2O2S2/c1-13-17-33-66(34-18-14-2)40-64(7,8)58-52(66)39-53-59(65(9,10)41-67(53,35-19-15-3)36-20-16-4)56(58)44-23-25-45(26-24-44)57(62-48-29-27-46(70-11)37-50(48)60(68-62)54-31-21-42(5)72-54)63-49-30-28-47(71-12)38-51(49)61(69-63)55-32-22-43(6)73-55/h21-32,37-39,68H,13-20,33-36,40-41H2,1-12H3/b63-57-. The van der Waals surface area contributed by atoms with Gasteiger partial charge in [0.05, 0.1) is 46.8 Å². The van der Waals surface area contributed by atoms with Crippen molar-refractivity contribution < 1.29 is 9.47 Å². The summed E-state index contributed by atoms with van der Waals surface area (Å²) >= 11 is 3.62. The summed E-state index contributed by atoms with van der Waals surface area (Å²) in [5, 5.41) is 2.29. The summed E-state index contributed by atoms with van der Waals surface area (Å²) in [7, 11) is 3.52. The van der Waals surface area contributed by atoms with Crippen LogP contribution in [-0.2, 0) is 21.7 Å². The van der Waals surface area contributed by atoms with E-state index in [0.29, 0.717) is 0 Å². The van der Waals surface area contributed by atoms with E-state index in [2.05, 4.69) is 165 Å². The number of thiophene rings is 2. The number of ether oxygens (including phenoxy) is 2. The van der Waals surface area contributed by atoms with Crippen LogP contribution < -0.4 is 9.47 Å². The third-order valence-electron chi connectivity index (χ3n) is 17.3. The third kappa shape index (κ3) is 8.98. The molecule has 382 valence electrons. The van der Waals surface area contributed by atoms with Gasteiger partial charge in [-0.2, -0.15) is 0 Å². The topological polar surface area (TPSA) is 46.6 Å². The quantitative estimate of drug-likeness (QED) is 0.0877. The number of hydrogen-bond donors (Lipinski definition) is 1. The molecule has 4 heterocycles. The molecule has 6 heteroatoms. The van der Waals surface area contributed by atoms with Crippen molar-refractivity contribution in [2.45, 2.75) is 181 Å². The number of H-pyrrole nitrogens is 1. The molecule has 0 atom stereocenters. The van der Waals surface area contributed by atoms with E-state index in [-0.39, 0.29) is 21.7 Å². The summed E-state index contributed by atoms with van der Waals surface area (Å²) in [6.45, 7) is 24.3. The molecule has 1 aliphatic heterocycles. The van der Waals surface area contributed by atoms with Crippen LogP contribution in [0.15, 0.2) is 96.0 Å². The van der Waals surface area contributed by atoms with Crippen LogP contribution in [0.25, 0.3) is 43.7 Å². The second kappa shape index (κ2) is 20.2. The summed E-state index contributed by atoms with van der Waals surface area (Å²) in [6, 6.07) is 34.7. The smallest absolute Gasteiger partial charge is 0.119 e. The number of nitrogens with one attached hydrogen (secondary N) is 1. The monoisotopic (exact) mass is 1010 g/mol. The van der Waals surface area contributed by atoms with Crippen molar-refractivity contribution in [1.82, 2.24) is 4.98 Å². The van der Waals surface area contributed by atoms with Crippen molar-refractivity contribution in [3.63, 3.8) is 0 Å². The van der Waals surface area contributed by atoms with Crippen molar-refractivity contribution in [3.8, 4) is 33.2 Å². The lowest BCUT2D eigenvalue weighted by molar-refractivity contribution is 0.287. The van der Waals surface area contributed by atoms with Crippen molar-refractivity contribution in [3.05, 3.63) is 150 Å². The minimum Gasteiger partial charge on any atom is -0.497 e. The predicted octanol–water partition coefficient (Wildman–Crippen LogP) is 19.6. The fraction of sp³-hybridized carbons (Fsp3) is 0.448. The number of benzene rings is 4. The number of aromatic nitrogens is 1. The molecule has 4 nitrogen and oxygen atoms in total. The molecule has 1 N–H and O–H groups in total. The normalized spacial score (nSPS) is 17.5. The molecule has 3 aliphatic rings. The van der Waals surface area contributed by atoms with E-state index >= 15 is 0 Å². The molecule has 0 spiro atoms. The van der Waals surface area contributed by atoms with E-state index in [1.165, 1.54) is 110 Å². The summed E-state index contributed by atoms with van der Waals surface area (Å²) in [4.78, 5) is 14.7. The number of aromatic amines is 1. The molecule has 0 unspecified atom stereocenters. The van der Waals surface area contributed by atoms with Crippen LogP contribution in [0, 0.1) is 13.8 Å². The molecule has 0 radical (unpaired) electrons. The van der Waals surface area contributed by atoms with E-state index < -0.39 is 0 Å². The maximum Gasteiger partial charge on any atom is 0.119 e. The molecule has 3 aromatic heterocycles. The van der Waals surface area contributed by atoms with E-state index in [1.54, 1.807) is 53.4 Å². The molecule has 73 heavy (non-hydrogen) atoms. The van der Waals surface area contributed by atoms with Gasteiger partial charge in [-0.25, -0.2) is 4.99 Å². The lowest BCUT2D eigenvalue weighted by Crippen LogP contribution is -2.28. The van der Waals surface area contributed by atoms with Crippen LogP contribution in [0.5, 0.6) is 11.5 Å². The van der Waals surface area contributed by atoms with Gasteiger partial charge in [0.25, 0.3) is 0 Å². The van der Waals surface area contributed by atoms with Gasteiger partial charge in [-0.05, 0) is 174 Å². The minimum absolute atomic E-state index is 0.0296. The highest BCUT2D eigenvalue weighted by atomic mass is 32.1. The molecule has 0 bridgehead atoms. The van der Waals surface area contributed by atoms with Crippen molar-refractivity contribution in [1.29, 1.82) is 0 Å². The van der Waals surface area contributed by atoms with Crippen molar-refractivity contribution in [2.75, 3.05) is 14.2 Å². The Balaban J connectivity index is 1.27. The van der Waals surface area contributed by atoms with Crippen LogP contribution in [0.3, 0.4) is 0 Å². The highest BCUT2D eigenvalue weighted by Crippen LogP contribution is 2.64. The Hall–Kier alpha value is -5.17. The third-order valence-corrected chi connectivity index (χ3v) is 19.3. The maximum absolute atomic E-state index is 5.90. The van der Waals surface area contributed by atoms with Crippen LogP contribution in [0.4, 0.5) is 0 Å². The van der Waals surface area contributed by atoms with Crippen molar-refractivity contribution >= 4 is 50.4 Å². The number of methoxy groups -OCH3 is 2. The molecule has 0 fully saturated rings. The molecular weight excluding hydrogens is 929 g/mol. The fourth-order valence-electron chi connectivity index (χ4n) is 14.2. The highest BCUT2D eigenvalue weighted by Gasteiger charge is 2.54. The lowest BCUT2D eigenvalue weighted by atomic mass is 9.69. The number of hydrogen-bond acceptors (Lipinski definition) is 5. The zero-order valence-electron chi connectivity index (χ0n) is 46.1. The number of aryl methyl sites for hydroxylation is 2. The average Bonchev–Trinajstić information content (AvgIpc) is 4.25. The summed E-state index contributed by atoms with van der Waals surface area (Å²) in [5.41, 5.74) is 18.6. The first-order valence-corrected chi connectivity index (χ1v) is 29.5. The Labute approximate surface area is 445 Å². The number of unbranched alkanes of at least 4 members (excludes halogenated alkanes) is 4. The lowest BCUT2D eigenvalue weighted by Gasteiger charge is -2.35. The van der Waals surface area contributed by atoms with E-state index in [4.69, 9.17) is 14.5 Å². The molecule has 10 rings (SSSR count). The molecule has 0 amide bonds. The number of nitrogens with zero attached hydrogens (tertiary/aromatic N) is 1. The molecule has 7 aromatic rings. The van der Waals surface area contributed by atoms with Gasteiger partial charge in [-0.3, -0.25) is 0 Å². The Morgan fingerprint density at radius 3 is 1.60 bits per heavy atom. The van der Waals surface area contributed by atoms with Gasteiger partial charge in [0.15, 0.2) is 0 Å². The molecule has 0 saturated carbocycles. The fourth-order valence-corrected chi connectivity index (χ4v) is 16.0. The largest absolute Gasteiger partial charge is 0.497 e. The van der Waals surface area contributed by atoms with E-state index in [0.717, 1.165) is 72.2 Å². The number of fused-ring (bicyclic) bond motifs is 4. The first-order chi connectivity index (χ1) is 35.1. The SMILES string of the molecule is CCCCC1(CCCC)CC(C)(C)c2c1cc1c(c2-c2ccc(/C(=C3/N=C(c4ccc(C)s4)c4cc(OC)ccc43)c3[nH]c(-c4ccc(C)s4)c4cc(OC)ccc34)cc2)C(C)(C)CC1(CCCC)CCCC. The Bertz CT molecular complexity index is 3160. The van der Waals surface area contributed by atoms with E-state index in [9.17, 15) is 0 Å². The first-order valence-electron chi connectivity index (χ1n) is 27.8. The van der Waals surface area contributed by atoms with Gasteiger partial charge in [0.2, 0.25) is 0 Å². The Morgan fingerprint density at radius 1 is 0.575 bits per heavy atom. The second-order valence-electron chi connectivity index (χ2n) is 23.5. The molecule has 4 aromatic carbocycles. The molecule has 2 aliphatic carbocycles. The highest BCUT2D eigenvalue weighted by molar-refractivity contribution is 7.15. The molecule has 0 saturated heterocycles. The second-order valence-corrected chi connectivity index (χ2v) is 26.0. The summed E-state index contributed by atoms with van der Waals surface area (Å²) < 4.78 is 11.8. The van der Waals surface area contributed by atoms with Crippen LogP contribution in [0.2, 0.25) is 0 Å². The number of rotatable bonds is 19. The van der Waals surface area contributed by atoms with Crippen LogP contribution >= 0.6 is 22.7 Å². The van der Waals surface area contributed by atoms with Crippen LogP contribution in [-0.4, -0.2) is 24.9 Å². The van der Waals surface area contributed by atoms with Crippen LogP contribution in [0.1, 0.15) is 205 Å². The first kappa shape index (κ1) is 51.3. The summed E-state index contributed by atoms with van der Waals surface area (Å²) in [5.74, 6) is 1.67. The van der Waals surface area contributed by atoms with Gasteiger partial charge >= 0.3 is 0 Å². The zero-order chi connectivity index (χ0) is 51.5. The average molecular weight is 1010 g/mol. The Morgan fingerprint density at radius 2 is 1.10 bits per heavy atom. The number of aliphatic imine (C=N–C) groups is 1. The minimum atomic E-state index is 0.0296. The van der Waals surface area contributed by atoms with Gasteiger partial charge in [0, 0.05) is 37.2 Å². The Kier molecular flexibility index (Phi) is 14.2. The van der Waals surface area contributed by atoms with Gasteiger partial charge in [-0.1, -0.05) is 137 Å². The molecular formula is C67H80N2O2S2. The van der Waals surface area contributed by atoms with Gasteiger partial charge < -0.3 is 14.5 Å². The predicted molar refractivity (Wildman–Crippen MR) is 315 cm³/mol. The van der Waals surface area contributed by atoms with Gasteiger partial charge in [-0.15, -0.1) is 22.7 Å².